The Labute approximate surface area is 127 Å². The molecule has 4 heteroatoms. The fourth-order valence-corrected chi connectivity index (χ4v) is 3.55. The molecule has 1 fully saturated rings. The molecule has 1 saturated carbocycles. The lowest BCUT2D eigenvalue weighted by atomic mass is 9.89. The zero-order chi connectivity index (χ0) is 14.4. The number of aryl methyl sites for hydroxylation is 2. The van der Waals surface area contributed by atoms with Gasteiger partial charge in [-0.15, -0.1) is 0 Å². The van der Waals surface area contributed by atoms with Crippen molar-refractivity contribution >= 4 is 11.8 Å². The number of aromatic nitrogens is 2. The maximum Gasteiger partial charge on any atom is 0.188 e. The van der Waals surface area contributed by atoms with Crippen LogP contribution in [0.1, 0.15) is 49.1 Å². The molecule has 1 aliphatic carbocycles. The van der Waals surface area contributed by atoms with Crippen LogP contribution in [0.5, 0.6) is 0 Å². The van der Waals surface area contributed by atoms with Crippen molar-refractivity contribution in [3.05, 3.63) is 17.0 Å². The van der Waals surface area contributed by atoms with Crippen molar-refractivity contribution in [2.75, 3.05) is 18.8 Å². The van der Waals surface area contributed by atoms with Gasteiger partial charge in [-0.2, -0.15) is 0 Å². The molecular weight excluding hydrogens is 266 g/mol. The summed E-state index contributed by atoms with van der Waals surface area (Å²) in [6.07, 6.45) is 7.13. The Hall–Kier alpha value is -0.610. The van der Waals surface area contributed by atoms with Crippen LogP contribution in [0.2, 0.25) is 0 Å². The van der Waals surface area contributed by atoms with E-state index in [1.54, 1.807) is 11.8 Å². The first kappa shape index (κ1) is 15.8. The van der Waals surface area contributed by atoms with Crippen molar-refractivity contribution in [3.63, 3.8) is 0 Å². The predicted octanol–water partition coefficient (Wildman–Crippen LogP) is 3.66. The van der Waals surface area contributed by atoms with E-state index in [1.165, 1.54) is 44.2 Å². The second-order valence-electron chi connectivity index (χ2n) is 5.86. The minimum atomic E-state index is 0.911. The fourth-order valence-electron chi connectivity index (χ4n) is 2.72. The Balaban J connectivity index is 1.65. The molecule has 1 aromatic rings. The summed E-state index contributed by atoms with van der Waals surface area (Å²) in [5, 5.41) is 4.51. The monoisotopic (exact) mass is 293 g/mol. The Morgan fingerprint density at radius 3 is 2.35 bits per heavy atom. The Bertz CT molecular complexity index is 405. The van der Waals surface area contributed by atoms with Crippen molar-refractivity contribution in [1.29, 1.82) is 0 Å². The van der Waals surface area contributed by atoms with E-state index in [2.05, 4.69) is 36.1 Å². The average molecular weight is 293 g/mol. The molecule has 2 rings (SSSR count). The molecule has 3 nitrogen and oxygen atoms in total. The van der Waals surface area contributed by atoms with Gasteiger partial charge in [0.15, 0.2) is 5.16 Å². The molecule has 0 saturated heterocycles. The molecule has 0 spiro atoms. The number of hydrogen-bond donors (Lipinski definition) is 1. The minimum Gasteiger partial charge on any atom is -0.316 e. The molecule has 0 amide bonds. The molecule has 1 N–H and O–H groups in total. The third kappa shape index (κ3) is 4.74. The van der Waals surface area contributed by atoms with Gasteiger partial charge >= 0.3 is 0 Å². The number of hydrogen-bond acceptors (Lipinski definition) is 4. The lowest BCUT2D eigenvalue weighted by molar-refractivity contribution is 0.345. The van der Waals surface area contributed by atoms with Gasteiger partial charge in [-0.05, 0) is 51.6 Å². The number of nitrogens with zero attached hydrogens (tertiary/aromatic N) is 2. The molecule has 1 heterocycles. The van der Waals surface area contributed by atoms with Gasteiger partial charge in [-0.3, -0.25) is 0 Å². The third-order valence-electron chi connectivity index (χ3n) is 4.28. The van der Waals surface area contributed by atoms with Gasteiger partial charge in [-0.25, -0.2) is 9.97 Å². The summed E-state index contributed by atoms with van der Waals surface area (Å²) >= 11 is 1.76. The first-order valence-electron chi connectivity index (χ1n) is 7.82. The molecule has 0 unspecified atom stereocenters. The van der Waals surface area contributed by atoms with E-state index in [9.17, 15) is 0 Å². The first-order chi connectivity index (χ1) is 9.66. The lowest BCUT2D eigenvalue weighted by Crippen LogP contribution is -2.26. The normalized spacial score (nSPS) is 16.6. The summed E-state index contributed by atoms with van der Waals surface area (Å²) in [5.74, 6) is 1.96. The molecule has 20 heavy (non-hydrogen) atoms. The van der Waals surface area contributed by atoms with E-state index >= 15 is 0 Å². The topological polar surface area (TPSA) is 37.8 Å². The van der Waals surface area contributed by atoms with Gasteiger partial charge in [0.1, 0.15) is 0 Å². The highest BCUT2D eigenvalue weighted by molar-refractivity contribution is 7.99. The van der Waals surface area contributed by atoms with Crippen LogP contribution in [0.15, 0.2) is 5.16 Å². The van der Waals surface area contributed by atoms with Gasteiger partial charge in [0.05, 0.1) is 0 Å². The molecular formula is C16H27N3S. The van der Waals surface area contributed by atoms with Crippen LogP contribution in [0.4, 0.5) is 0 Å². The van der Waals surface area contributed by atoms with Crippen LogP contribution in [-0.2, 0) is 0 Å². The van der Waals surface area contributed by atoms with Crippen molar-refractivity contribution in [3.8, 4) is 0 Å². The quantitative estimate of drug-likeness (QED) is 0.493. The zero-order valence-corrected chi connectivity index (χ0v) is 13.9. The van der Waals surface area contributed by atoms with Crippen molar-refractivity contribution in [1.82, 2.24) is 15.3 Å². The maximum atomic E-state index is 4.55. The van der Waals surface area contributed by atoms with Crippen LogP contribution in [0.3, 0.4) is 0 Å². The van der Waals surface area contributed by atoms with Crippen molar-refractivity contribution in [2.45, 2.75) is 58.0 Å². The molecule has 112 valence electrons. The smallest absolute Gasteiger partial charge is 0.188 e. The fraction of sp³-hybridized carbons (Fsp3) is 0.750. The van der Waals surface area contributed by atoms with Crippen molar-refractivity contribution in [2.24, 2.45) is 5.92 Å². The lowest BCUT2D eigenvalue weighted by Gasteiger charge is -2.21. The van der Waals surface area contributed by atoms with Gasteiger partial charge < -0.3 is 5.32 Å². The third-order valence-corrected chi connectivity index (χ3v) is 5.13. The van der Waals surface area contributed by atoms with Crippen LogP contribution in [-0.4, -0.2) is 28.8 Å². The van der Waals surface area contributed by atoms with Crippen molar-refractivity contribution < 1.29 is 0 Å². The largest absolute Gasteiger partial charge is 0.316 e. The number of nitrogens with one attached hydrogen (secondary N) is 1. The molecule has 0 aliphatic heterocycles. The summed E-state index contributed by atoms with van der Waals surface area (Å²) in [7, 11) is 0. The minimum absolute atomic E-state index is 0.911. The molecule has 0 atom stereocenters. The molecule has 0 bridgehead atoms. The highest BCUT2D eigenvalue weighted by Crippen LogP contribution is 2.22. The van der Waals surface area contributed by atoms with E-state index in [1.807, 2.05) is 0 Å². The molecule has 0 aromatic carbocycles. The van der Waals surface area contributed by atoms with E-state index in [0.29, 0.717) is 0 Å². The Morgan fingerprint density at radius 1 is 1.05 bits per heavy atom. The zero-order valence-electron chi connectivity index (χ0n) is 13.0. The Kier molecular flexibility index (Phi) is 6.30. The second-order valence-corrected chi connectivity index (χ2v) is 6.92. The summed E-state index contributed by atoms with van der Waals surface area (Å²) in [6, 6.07) is 0. The summed E-state index contributed by atoms with van der Waals surface area (Å²) in [4.78, 5) is 9.09. The standard InChI is InChI=1S/C16H27N3S/c1-12-13(2)18-16(19-14(12)3)20-10-9-17-11-15-7-5-4-6-8-15/h15,17H,4-11H2,1-3H3. The Morgan fingerprint density at radius 2 is 1.70 bits per heavy atom. The van der Waals surface area contributed by atoms with Gasteiger partial charge in [-0.1, -0.05) is 31.0 Å². The number of rotatable bonds is 6. The van der Waals surface area contributed by atoms with Crippen LogP contribution >= 0.6 is 11.8 Å². The van der Waals surface area contributed by atoms with E-state index in [0.717, 1.165) is 34.8 Å². The second kappa shape index (κ2) is 7.99. The predicted molar refractivity (Wildman–Crippen MR) is 86.4 cm³/mol. The first-order valence-corrected chi connectivity index (χ1v) is 8.80. The summed E-state index contributed by atoms with van der Waals surface area (Å²) in [6.45, 7) is 8.46. The van der Waals surface area contributed by atoms with Crippen LogP contribution in [0.25, 0.3) is 0 Å². The van der Waals surface area contributed by atoms with Gasteiger partial charge in [0.25, 0.3) is 0 Å². The summed E-state index contributed by atoms with van der Waals surface area (Å²) < 4.78 is 0. The number of thioether (sulfide) groups is 1. The van der Waals surface area contributed by atoms with Gasteiger partial charge in [0, 0.05) is 23.7 Å². The summed E-state index contributed by atoms with van der Waals surface area (Å²) in [5.41, 5.74) is 3.43. The van der Waals surface area contributed by atoms with E-state index < -0.39 is 0 Å². The highest BCUT2D eigenvalue weighted by Gasteiger charge is 2.12. The van der Waals surface area contributed by atoms with E-state index in [4.69, 9.17) is 0 Å². The van der Waals surface area contributed by atoms with Crippen LogP contribution < -0.4 is 5.32 Å². The SMILES string of the molecule is Cc1nc(SCCNCC2CCCCC2)nc(C)c1C. The average Bonchev–Trinajstić information content (AvgIpc) is 2.45. The highest BCUT2D eigenvalue weighted by atomic mass is 32.2. The maximum absolute atomic E-state index is 4.55. The molecule has 0 radical (unpaired) electrons. The van der Waals surface area contributed by atoms with E-state index in [-0.39, 0.29) is 0 Å². The van der Waals surface area contributed by atoms with Crippen LogP contribution in [0, 0.1) is 26.7 Å². The molecule has 1 aliphatic rings. The van der Waals surface area contributed by atoms with Gasteiger partial charge in [0.2, 0.25) is 0 Å². The molecule has 1 aromatic heterocycles.